The SMILES string of the molecule is CCC(=O)Oc1cccc(OCC(C)CBr)c1. The second kappa shape index (κ2) is 7.33. The van der Waals surface area contributed by atoms with Crippen molar-refractivity contribution in [1.82, 2.24) is 0 Å². The first-order valence-corrected chi connectivity index (χ1v) is 6.77. The molecule has 0 aliphatic carbocycles. The molecule has 0 amide bonds. The van der Waals surface area contributed by atoms with E-state index in [9.17, 15) is 4.79 Å². The normalized spacial score (nSPS) is 11.9. The van der Waals surface area contributed by atoms with Crippen LogP contribution in [0.4, 0.5) is 0 Å². The fraction of sp³-hybridized carbons (Fsp3) is 0.462. The van der Waals surface area contributed by atoms with E-state index in [1.54, 1.807) is 19.1 Å². The van der Waals surface area contributed by atoms with Crippen molar-refractivity contribution in [1.29, 1.82) is 0 Å². The minimum atomic E-state index is -0.240. The van der Waals surface area contributed by atoms with Crippen LogP contribution in [0.15, 0.2) is 24.3 Å². The summed E-state index contributed by atoms with van der Waals surface area (Å²) in [6.07, 6.45) is 0.367. The molecule has 0 saturated carbocycles. The number of hydrogen-bond donors (Lipinski definition) is 0. The smallest absolute Gasteiger partial charge is 0.310 e. The summed E-state index contributed by atoms with van der Waals surface area (Å²) >= 11 is 3.40. The number of hydrogen-bond acceptors (Lipinski definition) is 3. The Balaban J connectivity index is 2.56. The van der Waals surface area contributed by atoms with Crippen LogP contribution in [-0.2, 0) is 4.79 Å². The lowest BCUT2D eigenvalue weighted by Gasteiger charge is -2.11. The van der Waals surface area contributed by atoms with E-state index < -0.39 is 0 Å². The van der Waals surface area contributed by atoms with Gasteiger partial charge in [-0.2, -0.15) is 0 Å². The van der Waals surface area contributed by atoms with Gasteiger partial charge in [0, 0.05) is 17.8 Å². The van der Waals surface area contributed by atoms with Gasteiger partial charge in [0.05, 0.1) is 6.61 Å². The zero-order valence-corrected chi connectivity index (χ0v) is 11.7. The highest BCUT2D eigenvalue weighted by Gasteiger charge is 2.04. The maximum absolute atomic E-state index is 11.1. The van der Waals surface area contributed by atoms with Gasteiger partial charge in [-0.05, 0) is 18.1 Å². The van der Waals surface area contributed by atoms with Crippen molar-refractivity contribution in [3.05, 3.63) is 24.3 Å². The third-order valence-electron chi connectivity index (χ3n) is 2.12. The topological polar surface area (TPSA) is 35.5 Å². The van der Waals surface area contributed by atoms with Gasteiger partial charge in [-0.1, -0.05) is 35.8 Å². The maximum Gasteiger partial charge on any atom is 0.310 e. The van der Waals surface area contributed by atoms with Crippen LogP contribution in [-0.4, -0.2) is 17.9 Å². The average molecular weight is 301 g/mol. The maximum atomic E-state index is 11.1. The Bertz CT molecular complexity index is 365. The molecule has 0 spiro atoms. The fourth-order valence-corrected chi connectivity index (χ4v) is 1.30. The fourth-order valence-electron chi connectivity index (χ4n) is 1.11. The van der Waals surface area contributed by atoms with Crippen molar-refractivity contribution >= 4 is 21.9 Å². The van der Waals surface area contributed by atoms with E-state index in [1.165, 1.54) is 0 Å². The lowest BCUT2D eigenvalue weighted by Crippen LogP contribution is -2.10. The first-order chi connectivity index (χ1) is 8.15. The summed E-state index contributed by atoms with van der Waals surface area (Å²) in [4.78, 5) is 11.1. The third-order valence-corrected chi connectivity index (χ3v) is 3.23. The second-order valence-corrected chi connectivity index (χ2v) is 4.52. The van der Waals surface area contributed by atoms with Crippen molar-refractivity contribution in [3.63, 3.8) is 0 Å². The molecule has 0 saturated heterocycles. The Hall–Kier alpha value is -1.03. The summed E-state index contributed by atoms with van der Waals surface area (Å²) in [5, 5.41) is 0.900. The van der Waals surface area contributed by atoms with Crippen molar-refractivity contribution < 1.29 is 14.3 Å². The predicted octanol–water partition coefficient (Wildman–Crippen LogP) is 3.41. The van der Waals surface area contributed by atoms with Crippen molar-refractivity contribution in [2.75, 3.05) is 11.9 Å². The van der Waals surface area contributed by atoms with Gasteiger partial charge in [0.2, 0.25) is 0 Å². The summed E-state index contributed by atoms with van der Waals surface area (Å²) in [6, 6.07) is 7.14. The largest absolute Gasteiger partial charge is 0.493 e. The first-order valence-electron chi connectivity index (χ1n) is 5.65. The molecule has 3 nitrogen and oxygen atoms in total. The molecular weight excluding hydrogens is 284 g/mol. The first kappa shape index (κ1) is 14.0. The number of halogens is 1. The Labute approximate surface area is 110 Å². The molecule has 94 valence electrons. The van der Waals surface area contributed by atoms with Crippen molar-refractivity contribution in [2.24, 2.45) is 5.92 Å². The molecule has 1 aromatic rings. The number of esters is 1. The summed E-state index contributed by atoms with van der Waals surface area (Å²) in [7, 11) is 0. The molecule has 0 heterocycles. The van der Waals surface area contributed by atoms with Gasteiger partial charge in [-0.25, -0.2) is 0 Å². The molecule has 4 heteroatoms. The number of alkyl halides is 1. The Morgan fingerprint density at radius 2 is 2.12 bits per heavy atom. The van der Waals surface area contributed by atoms with Gasteiger partial charge < -0.3 is 9.47 Å². The molecule has 0 aliphatic heterocycles. The number of carbonyl (C=O) groups excluding carboxylic acids is 1. The number of carbonyl (C=O) groups is 1. The van der Waals surface area contributed by atoms with Crippen LogP contribution in [0.3, 0.4) is 0 Å². The quantitative estimate of drug-likeness (QED) is 0.459. The highest BCUT2D eigenvalue weighted by atomic mass is 79.9. The van der Waals surface area contributed by atoms with Crippen LogP contribution in [0, 0.1) is 5.92 Å². The van der Waals surface area contributed by atoms with Gasteiger partial charge in [0.1, 0.15) is 11.5 Å². The van der Waals surface area contributed by atoms with E-state index in [0.717, 1.165) is 11.1 Å². The van der Waals surface area contributed by atoms with Gasteiger partial charge in [0.25, 0.3) is 0 Å². The van der Waals surface area contributed by atoms with E-state index in [2.05, 4.69) is 22.9 Å². The minimum Gasteiger partial charge on any atom is -0.493 e. The highest BCUT2D eigenvalue weighted by Crippen LogP contribution is 2.20. The van der Waals surface area contributed by atoms with Gasteiger partial charge in [-0.15, -0.1) is 0 Å². The second-order valence-electron chi connectivity index (χ2n) is 3.87. The molecule has 0 aromatic heterocycles. The molecule has 0 N–H and O–H groups in total. The lowest BCUT2D eigenvalue weighted by molar-refractivity contribution is -0.134. The Morgan fingerprint density at radius 3 is 2.76 bits per heavy atom. The average Bonchev–Trinajstić information content (AvgIpc) is 2.36. The van der Waals surface area contributed by atoms with Gasteiger partial charge >= 0.3 is 5.97 Å². The van der Waals surface area contributed by atoms with Crippen LogP contribution in [0.25, 0.3) is 0 Å². The number of ether oxygens (including phenoxy) is 2. The monoisotopic (exact) mass is 300 g/mol. The van der Waals surface area contributed by atoms with Gasteiger partial charge in [-0.3, -0.25) is 4.79 Å². The summed E-state index contributed by atoms with van der Waals surface area (Å²) in [6.45, 7) is 4.49. The van der Waals surface area contributed by atoms with E-state index in [1.807, 2.05) is 12.1 Å². The minimum absolute atomic E-state index is 0.240. The Kier molecular flexibility index (Phi) is 6.05. The molecule has 1 aromatic carbocycles. The molecule has 0 fully saturated rings. The lowest BCUT2D eigenvalue weighted by atomic mass is 10.2. The summed E-state index contributed by atoms with van der Waals surface area (Å²) in [5.74, 6) is 1.45. The van der Waals surface area contributed by atoms with Crippen LogP contribution in [0.1, 0.15) is 20.3 Å². The van der Waals surface area contributed by atoms with Crippen LogP contribution >= 0.6 is 15.9 Å². The third kappa shape index (κ3) is 5.22. The molecule has 1 rings (SSSR count). The predicted molar refractivity (Wildman–Crippen MR) is 70.8 cm³/mol. The van der Waals surface area contributed by atoms with Crippen LogP contribution < -0.4 is 9.47 Å². The van der Waals surface area contributed by atoms with E-state index >= 15 is 0 Å². The van der Waals surface area contributed by atoms with E-state index in [4.69, 9.17) is 9.47 Å². The van der Waals surface area contributed by atoms with E-state index in [0.29, 0.717) is 24.7 Å². The van der Waals surface area contributed by atoms with Crippen LogP contribution in [0.2, 0.25) is 0 Å². The molecule has 1 atom stereocenters. The molecular formula is C13H17BrO3. The molecule has 0 bridgehead atoms. The van der Waals surface area contributed by atoms with Gasteiger partial charge in [0.15, 0.2) is 0 Å². The number of rotatable bonds is 6. The molecule has 0 aliphatic rings. The number of benzene rings is 1. The highest BCUT2D eigenvalue weighted by molar-refractivity contribution is 9.09. The van der Waals surface area contributed by atoms with Crippen molar-refractivity contribution in [3.8, 4) is 11.5 Å². The molecule has 0 radical (unpaired) electrons. The molecule has 1 unspecified atom stereocenters. The standard InChI is InChI=1S/C13H17BrO3/c1-3-13(15)17-12-6-4-5-11(7-12)16-9-10(2)8-14/h4-7,10H,3,8-9H2,1-2H3. The summed E-state index contributed by atoms with van der Waals surface area (Å²) in [5.41, 5.74) is 0. The zero-order valence-electron chi connectivity index (χ0n) is 10.1. The Morgan fingerprint density at radius 1 is 1.41 bits per heavy atom. The summed E-state index contributed by atoms with van der Waals surface area (Å²) < 4.78 is 10.7. The van der Waals surface area contributed by atoms with Crippen molar-refractivity contribution in [2.45, 2.75) is 20.3 Å². The zero-order chi connectivity index (χ0) is 12.7. The van der Waals surface area contributed by atoms with Crippen LogP contribution in [0.5, 0.6) is 11.5 Å². The molecule has 17 heavy (non-hydrogen) atoms. The van der Waals surface area contributed by atoms with E-state index in [-0.39, 0.29) is 5.97 Å².